The molecule has 10 heteroatoms. The van der Waals surface area contributed by atoms with E-state index in [0.29, 0.717) is 49.8 Å². The van der Waals surface area contributed by atoms with Gasteiger partial charge in [-0.2, -0.15) is 5.10 Å². The van der Waals surface area contributed by atoms with Crippen molar-refractivity contribution < 1.29 is 19.1 Å². The van der Waals surface area contributed by atoms with Crippen LogP contribution in [0, 0.1) is 17.8 Å². The van der Waals surface area contributed by atoms with Gasteiger partial charge in [0.05, 0.1) is 13.2 Å². The zero-order chi connectivity index (χ0) is 21.9. The lowest BCUT2D eigenvalue weighted by molar-refractivity contribution is -0.148. The Morgan fingerprint density at radius 3 is 2.77 bits per heavy atom. The first-order chi connectivity index (χ1) is 14.4. The summed E-state index contributed by atoms with van der Waals surface area (Å²) in [5.74, 6) is 7.25. The fraction of sp³-hybridized carbons (Fsp3) is 0.850. The Hall–Kier alpha value is -2.07. The number of carbonyl (C=O) groups is 2. The Labute approximate surface area is 179 Å². The van der Waals surface area contributed by atoms with E-state index in [1.807, 2.05) is 0 Å². The Morgan fingerprint density at radius 1 is 1.23 bits per heavy atom. The third-order valence-electron chi connectivity index (χ3n) is 6.18. The molecule has 2 rings (SSSR count). The maximum atomic E-state index is 12.5. The highest BCUT2D eigenvalue weighted by atomic mass is 16.6. The minimum absolute atomic E-state index is 0.195. The highest BCUT2D eigenvalue weighted by molar-refractivity contribution is 5.79. The van der Waals surface area contributed by atoms with Gasteiger partial charge in [0.15, 0.2) is 0 Å². The highest BCUT2D eigenvalue weighted by Gasteiger charge is 2.38. The van der Waals surface area contributed by atoms with Crippen molar-refractivity contribution in [1.29, 1.82) is 0 Å². The van der Waals surface area contributed by atoms with Crippen LogP contribution in [0.1, 0.15) is 51.9 Å². The van der Waals surface area contributed by atoms with E-state index >= 15 is 0 Å². The van der Waals surface area contributed by atoms with Crippen molar-refractivity contribution in [1.82, 2.24) is 15.8 Å². The van der Waals surface area contributed by atoms with Crippen molar-refractivity contribution in [3.05, 3.63) is 0 Å². The van der Waals surface area contributed by atoms with E-state index in [-0.39, 0.29) is 18.1 Å². The van der Waals surface area contributed by atoms with E-state index in [2.05, 4.69) is 16.0 Å². The number of piperidine rings is 1. The van der Waals surface area contributed by atoms with E-state index in [9.17, 15) is 9.59 Å². The van der Waals surface area contributed by atoms with Crippen LogP contribution in [-0.2, 0) is 14.3 Å². The van der Waals surface area contributed by atoms with Gasteiger partial charge in [-0.25, -0.2) is 16.2 Å². The third kappa shape index (κ3) is 7.64. The second-order valence-corrected chi connectivity index (χ2v) is 8.31. The molecule has 0 bridgehead atoms. The van der Waals surface area contributed by atoms with E-state index in [4.69, 9.17) is 21.1 Å². The number of fused-ring (bicyclic) bond motifs is 1. The van der Waals surface area contributed by atoms with E-state index < -0.39 is 0 Å². The Morgan fingerprint density at radius 2 is 2.03 bits per heavy atom. The molecular weight excluding hydrogens is 388 g/mol. The average Bonchev–Trinajstić information content (AvgIpc) is 2.74. The largest absolute Gasteiger partial charge is 0.464 e. The van der Waals surface area contributed by atoms with Crippen LogP contribution in [0.3, 0.4) is 0 Å². The molecule has 1 aliphatic carbocycles. The molecule has 0 radical (unpaired) electrons. The van der Waals surface area contributed by atoms with Crippen molar-refractivity contribution in [2.24, 2.45) is 34.4 Å². The second-order valence-electron chi connectivity index (χ2n) is 8.31. The number of carbonyl (C=O) groups excluding carboxylic acids is 2. The van der Waals surface area contributed by atoms with Gasteiger partial charge >= 0.3 is 12.1 Å². The summed E-state index contributed by atoms with van der Waals surface area (Å²) >= 11 is 0. The number of esters is 1. The smallest absolute Gasteiger partial charge is 0.409 e. The lowest BCUT2D eigenvalue weighted by Gasteiger charge is -2.42. The number of amides is 1. The molecular formula is C20H38N6O4. The molecule has 1 heterocycles. The molecule has 6 N–H and O–H groups in total. The van der Waals surface area contributed by atoms with Crippen LogP contribution in [0.2, 0.25) is 0 Å². The van der Waals surface area contributed by atoms with Crippen LogP contribution in [0.25, 0.3) is 0 Å². The van der Waals surface area contributed by atoms with Gasteiger partial charge in [-0.15, -0.1) is 0 Å². The summed E-state index contributed by atoms with van der Waals surface area (Å²) in [6, 6.07) is -0.249. The number of nitrogens with two attached hydrogens (primary N) is 2. The van der Waals surface area contributed by atoms with Gasteiger partial charge < -0.3 is 25.4 Å². The van der Waals surface area contributed by atoms with E-state index in [1.165, 1.54) is 17.7 Å². The van der Waals surface area contributed by atoms with Crippen molar-refractivity contribution in [2.45, 2.75) is 57.9 Å². The quantitative estimate of drug-likeness (QED) is 0.101. The second kappa shape index (κ2) is 12.6. The summed E-state index contributed by atoms with van der Waals surface area (Å²) < 4.78 is 10.4. The Bertz CT molecular complexity index is 588. The molecule has 30 heavy (non-hydrogen) atoms. The summed E-state index contributed by atoms with van der Waals surface area (Å²) in [5, 5.41) is 7.18. The van der Waals surface area contributed by atoms with Crippen LogP contribution in [0.4, 0.5) is 4.79 Å². The Kier molecular flexibility index (Phi) is 10.2. The topological polar surface area (TPSA) is 144 Å². The van der Waals surface area contributed by atoms with Crippen molar-refractivity contribution in [2.75, 3.05) is 33.4 Å². The van der Waals surface area contributed by atoms with Gasteiger partial charge in [0.25, 0.3) is 0 Å². The van der Waals surface area contributed by atoms with Crippen molar-refractivity contribution in [3.63, 3.8) is 0 Å². The predicted octanol–water partition coefficient (Wildman–Crippen LogP) is 0.918. The van der Waals surface area contributed by atoms with Crippen molar-refractivity contribution in [3.8, 4) is 0 Å². The monoisotopic (exact) mass is 426 g/mol. The minimum atomic E-state index is -0.358. The fourth-order valence-corrected chi connectivity index (χ4v) is 4.49. The first-order valence-electron chi connectivity index (χ1n) is 11.0. The molecule has 1 saturated heterocycles. The molecule has 4 atom stereocenters. The van der Waals surface area contributed by atoms with Crippen molar-refractivity contribution >= 4 is 17.9 Å². The molecule has 1 saturated carbocycles. The first kappa shape index (κ1) is 24.2. The van der Waals surface area contributed by atoms with Crippen LogP contribution >= 0.6 is 0 Å². The zero-order valence-electron chi connectivity index (χ0n) is 18.3. The zero-order valence-corrected chi connectivity index (χ0v) is 18.3. The number of hydrogen-bond acceptors (Lipinski definition) is 8. The van der Waals surface area contributed by atoms with Crippen LogP contribution < -0.4 is 22.4 Å². The minimum Gasteiger partial charge on any atom is -0.464 e. The van der Waals surface area contributed by atoms with Crippen LogP contribution in [-0.4, -0.2) is 62.2 Å². The first-order valence-corrected chi connectivity index (χ1v) is 11.0. The molecule has 0 aromatic rings. The highest BCUT2D eigenvalue weighted by Crippen LogP contribution is 2.40. The van der Waals surface area contributed by atoms with Gasteiger partial charge in [0.2, 0.25) is 0 Å². The van der Waals surface area contributed by atoms with Gasteiger partial charge in [-0.3, -0.25) is 4.79 Å². The molecule has 2 aliphatic rings. The Balaban J connectivity index is 1.69. The number of hydrazone groups is 1. The van der Waals surface area contributed by atoms with Crippen LogP contribution in [0.5, 0.6) is 0 Å². The number of hydrogen-bond donors (Lipinski definition) is 4. The molecule has 1 aliphatic heterocycles. The molecule has 4 unspecified atom stereocenters. The number of nitrogens with zero attached hydrogens (tertiary/aromatic N) is 2. The van der Waals surface area contributed by atoms with E-state index in [1.54, 1.807) is 14.0 Å². The molecule has 2 fully saturated rings. The number of nitrogens with one attached hydrogen (secondary N) is 2. The lowest BCUT2D eigenvalue weighted by atomic mass is 9.69. The van der Waals surface area contributed by atoms with Gasteiger partial charge in [0.1, 0.15) is 11.9 Å². The molecule has 0 spiro atoms. The number of ether oxygens (including phenoxy) is 2. The standard InChI is InChI=1S/C20H38N6O4/c1-3-29-20(28)26(2)9-4-10-30-19(27)17-12-16-11-14(5-7-15(16)13-23-17)6-8-18(21)24-25-22/h14-17,23,25H,3-13,22H2,1-2H3,(H2,21,24). The van der Waals surface area contributed by atoms with Gasteiger partial charge in [-0.1, -0.05) is 6.42 Å². The summed E-state index contributed by atoms with van der Waals surface area (Å²) in [7, 11) is 1.67. The molecule has 172 valence electrons. The number of rotatable bonds is 10. The number of hydrazine groups is 1. The summed E-state index contributed by atoms with van der Waals surface area (Å²) in [5.41, 5.74) is 8.05. The molecule has 10 nitrogen and oxygen atoms in total. The fourth-order valence-electron chi connectivity index (χ4n) is 4.49. The predicted molar refractivity (Wildman–Crippen MR) is 114 cm³/mol. The maximum absolute atomic E-state index is 12.5. The lowest BCUT2D eigenvalue weighted by Crippen LogP contribution is -2.50. The van der Waals surface area contributed by atoms with Gasteiger partial charge in [0, 0.05) is 20.0 Å². The third-order valence-corrected chi connectivity index (χ3v) is 6.18. The van der Waals surface area contributed by atoms with Crippen LogP contribution in [0.15, 0.2) is 5.10 Å². The normalized spacial score (nSPS) is 26.4. The average molecular weight is 427 g/mol. The summed E-state index contributed by atoms with van der Waals surface area (Å²) in [4.78, 5) is 25.5. The SMILES string of the molecule is CCOC(=O)N(C)CCCOC(=O)C1CC2CC(CC/C(N)=N/NN)CCC2CN1. The molecule has 0 aromatic carbocycles. The summed E-state index contributed by atoms with van der Waals surface area (Å²) in [6.07, 6.45) is 6.25. The van der Waals surface area contributed by atoms with Gasteiger partial charge in [-0.05, 0) is 63.3 Å². The summed E-state index contributed by atoms with van der Waals surface area (Å²) in [6.45, 7) is 3.77. The molecule has 0 aromatic heterocycles. The van der Waals surface area contributed by atoms with E-state index in [0.717, 1.165) is 32.2 Å². The number of amidine groups is 1. The maximum Gasteiger partial charge on any atom is 0.409 e. The molecule has 1 amide bonds.